The topological polar surface area (TPSA) is 69.5 Å². The van der Waals surface area contributed by atoms with E-state index >= 15 is 0 Å². The van der Waals surface area contributed by atoms with E-state index in [1.165, 1.54) is 12.8 Å². The molecule has 4 rings (SSSR count). The molecule has 4 heterocycles. The number of hydrogen-bond acceptors (Lipinski definition) is 4. The lowest BCUT2D eigenvalue weighted by molar-refractivity contribution is 0.0606. The molecule has 1 atom stereocenters. The van der Waals surface area contributed by atoms with Crippen LogP contribution in [0.4, 0.5) is 0 Å². The van der Waals surface area contributed by atoms with Crippen molar-refractivity contribution in [2.45, 2.75) is 31.7 Å². The van der Waals surface area contributed by atoms with Crippen molar-refractivity contribution in [1.29, 1.82) is 0 Å². The normalized spacial score (nSPS) is 21.6. The zero-order valence-electron chi connectivity index (χ0n) is 14.2. The van der Waals surface area contributed by atoms with Crippen molar-refractivity contribution in [1.82, 2.24) is 14.8 Å². The number of H-pyrrole nitrogens is 1. The molecule has 2 saturated heterocycles. The number of rotatable bonds is 3. The second kappa shape index (κ2) is 6.88. The van der Waals surface area contributed by atoms with Crippen molar-refractivity contribution >= 4 is 5.91 Å². The van der Waals surface area contributed by atoms with Gasteiger partial charge in [-0.25, -0.2) is 0 Å². The van der Waals surface area contributed by atoms with Gasteiger partial charge in [0.05, 0.1) is 12.0 Å². The van der Waals surface area contributed by atoms with E-state index in [4.69, 9.17) is 4.42 Å². The molecule has 0 radical (unpaired) electrons. The molecule has 2 aromatic rings. The highest BCUT2D eigenvalue weighted by Gasteiger charge is 2.30. The molecule has 2 aliphatic heterocycles. The number of carbonyl (C=O) groups is 1. The standard InChI is InChI=1S/C19H23N3O3/c23-18-15(7-8-16(20-18)17-6-4-12-25-17)19(24)22-11-3-5-14(13-22)21-9-1-2-10-21/h4,6-8,12,14H,1-3,5,9-11,13H2,(H,20,23). The lowest BCUT2D eigenvalue weighted by Gasteiger charge is -2.37. The summed E-state index contributed by atoms with van der Waals surface area (Å²) < 4.78 is 5.29. The van der Waals surface area contributed by atoms with Crippen LogP contribution in [0.5, 0.6) is 0 Å². The third-order valence-electron chi connectivity index (χ3n) is 5.27. The van der Waals surface area contributed by atoms with Crippen molar-refractivity contribution in [2.24, 2.45) is 0 Å². The lowest BCUT2D eigenvalue weighted by atomic mass is 10.0. The van der Waals surface area contributed by atoms with Gasteiger partial charge in [0.15, 0.2) is 0 Å². The van der Waals surface area contributed by atoms with Gasteiger partial charge in [-0.3, -0.25) is 14.5 Å². The van der Waals surface area contributed by atoms with Crippen LogP contribution in [0.15, 0.2) is 39.7 Å². The Morgan fingerprint density at radius 3 is 2.68 bits per heavy atom. The summed E-state index contributed by atoms with van der Waals surface area (Å²) in [6.45, 7) is 3.71. The lowest BCUT2D eigenvalue weighted by Crippen LogP contribution is -2.49. The van der Waals surface area contributed by atoms with E-state index in [1.807, 2.05) is 4.90 Å². The van der Waals surface area contributed by atoms with Crippen LogP contribution >= 0.6 is 0 Å². The SMILES string of the molecule is O=C(c1ccc(-c2ccco2)[nH]c1=O)N1CCCC(N2CCCC2)C1. The summed E-state index contributed by atoms with van der Waals surface area (Å²) in [4.78, 5) is 32.3. The summed E-state index contributed by atoms with van der Waals surface area (Å²) in [5.41, 5.74) is 0.430. The predicted octanol–water partition coefficient (Wildman–Crippen LogP) is 2.34. The third-order valence-corrected chi connectivity index (χ3v) is 5.27. The number of nitrogens with zero attached hydrogens (tertiary/aromatic N) is 2. The van der Waals surface area contributed by atoms with E-state index in [1.54, 1.807) is 30.5 Å². The van der Waals surface area contributed by atoms with Gasteiger partial charge >= 0.3 is 0 Å². The van der Waals surface area contributed by atoms with E-state index < -0.39 is 0 Å². The van der Waals surface area contributed by atoms with Crippen molar-refractivity contribution < 1.29 is 9.21 Å². The first-order valence-corrected chi connectivity index (χ1v) is 9.03. The molecular weight excluding hydrogens is 318 g/mol. The summed E-state index contributed by atoms with van der Waals surface area (Å²) in [5.74, 6) is 0.416. The Labute approximate surface area is 146 Å². The number of furan rings is 1. The highest BCUT2D eigenvalue weighted by molar-refractivity contribution is 5.94. The Kier molecular flexibility index (Phi) is 4.44. The molecule has 2 fully saturated rings. The fourth-order valence-electron chi connectivity index (χ4n) is 3.93. The predicted molar refractivity (Wildman–Crippen MR) is 94.5 cm³/mol. The maximum atomic E-state index is 12.8. The molecule has 1 unspecified atom stereocenters. The highest BCUT2D eigenvalue weighted by Crippen LogP contribution is 2.22. The molecule has 0 bridgehead atoms. The first-order chi connectivity index (χ1) is 12.2. The number of aromatic nitrogens is 1. The average Bonchev–Trinajstić information content (AvgIpc) is 3.35. The van der Waals surface area contributed by atoms with Crippen LogP contribution in [0, 0.1) is 0 Å². The molecule has 6 heteroatoms. The van der Waals surface area contributed by atoms with Gasteiger partial charge in [0.25, 0.3) is 11.5 Å². The molecule has 132 valence electrons. The quantitative estimate of drug-likeness (QED) is 0.930. The van der Waals surface area contributed by atoms with Crippen LogP contribution in [0.1, 0.15) is 36.0 Å². The monoisotopic (exact) mass is 341 g/mol. The van der Waals surface area contributed by atoms with Crippen LogP contribution in [-0.2, 0) is 0 Å². The van der Waals surface area contributed by atoms with Gasteiger partial charge in [-0.15, -0.1) is 0 Å². The van der Waals surface area contributed by atoms with E-state index in [0.29, 0.717) is 17.5 Å². The molecular formula is C19H23N3O3. The number of nitrogens with one attached hydrogen (secondary N) is 1. The Morgan fingerprint density at radius 1 is 1.12 bits per heavy atom. The van der Waals surface area contributed by atoms with Crippen LogP contribution in [0.25, 0.3) is 11.5 Å². The first kappa shape index (κ1) is 16.1. The Bertz CT molecular complexity index is 790. The van der Waals surface area contributed by atoms with Crippen LogP contribution < -0.4 is 5.56 Å². The number of aromatic amines is 1. The molecule has 6 nitrogen and oxygen atoms in total. The summed E-state index contributed by atoms with van der Waals surface area (Å²) in [6.07, 6.45) is 6.18. The molecule has 2 aromatic heterocycles. The number of pyridine rings is 1. The van der Waals surface area contributed by atoms with Crippen molar-refractivity contribution in [2.75, 3.05) is 26.2 Å². The molecule has 0 spiro atoms. The van der Waals surface area contributed by atoms with Gasteiger partial charge in [0.1, 0.15) is 11.3 Å². The molecule has 2 aliphatic rings. The number of amides is 1. The molecule has 0 aromatic carbocycles. The molecule has 1 amide bonds. The second-order valence-electron chi connectivity index (χ2n) is 6.88. The van der Waals surface area contributed by atoms with Gasteiger partial charge in [0, 0.05) is 19.1 Å². The summed E-state index contributed by atoms with van der Waals surface area (Å²) in [6, 6.07) is 7.31. The summed E-state index contributed by atoms with van der Waals surface area (Å²) >= 11 is 0. The summed E-state index contributed by atoms with van der Waals surface area (Å²) in [5, 5.41) is 0. The zero-order valence-corrected chi connectivity index (χ0v) is 14.2. The van der Waals surface area contributed by atoms with Gasteiger partial charge in [0.2, 0.25) is 0 Å². The van der Waals surface area contributed by atoms with E-state index in [9.17, 15) is 9.59 Å². The van der Waals surface area contributed by atoms with Gasteiger partial charge in [-0.1, -0.05) is 0 Å². The van der Waals surface area contributed by atoms with Crippen LogP contribution in [0.3, 0.4) is 0 Å². The van der Waals surface area contributed by atoms with Gasteiger partial charge < -0.3 is 14.3 Å². The Morgan fingerprint density at radius 2 is 1.96 bits per heavy atom. The first-order valence-electron chi connectivity index (χ1n) is 9.03. The van der Waals surface area contributed by atoms with E-state index in [-0.39, 0.29) is 17.0 Å². The Hall–Kier alpha value is -2.34. The van der Waals surface area contributed by atoms with Crippen molar-refractivity contribution in [3.63, 3.8) is 0 Å². The number of piperidine rings is 1. The Balaban J connectivity index is 1.51. The fourth-order valence-corrected chi connectivity index (χ4v) is 3.93. The maximum Gasteiger partial charge on any atom is 0.261 e. The van der Waals surface area contributed by atoms with Crippen molar-refractivity contribution in [3.05, 3.63) is 46.4 Å². The number of carbonyl (C=O) groups excluding carboxylic acids is 1. The largest absolute Gasteiger partial charge is 0.463 e. The molecule has 25 heavy (non-hydrogen) atoms. The average molecular weight is 341 g/mol. The number of hydrogen-bond donors (Lipinski definition) is 1. The van der Waals surface area contributed by atoms with E-state index in [0.717, 1.165) is 39.0 Å². The minimum absolute atomic E-state index is 0.170. The maximum absolute atomic E-state index is 12.8. The smallest absolute Gasteiger partial charge is 0.261 e. The highest BCUT2D eigenvalue weighted by atomic mass is 16.3. The zero-order chi connectivity index (χ0) is 17.2. The van der Waals surface area contributed by atoms with Crippen LogP contribution in [0.2, 0.25) is 0 Å². The van der Waals surface area contributed by atoms with Gasteiger partial charge in [-0.2, -0.15) is 0 Å². The van der Waals surface area contributed by atoms with Crippen LogP contribution in [-0.4, -0.2) is 52.9 Å². The molecule has 0 saturated carbocycles. The minimum atomic E-state index is -0.359. The van der Waals surface area contributed by atoms with E-state index in [2.05, 4.69) is 9.88 Å². The molecule has 0 aliphatic carbocycles. The summed E-state index contributed by atoms with van der Waals surface area (Å²) in [7, 11) is 0. The molecule has 1 N–H and O–H groups in total. The number of likely N-dealkylation sites (tertiary alicyclic amines) is 2. The van der Waals surface area contributed by atoms with Gasteiger partial charge in [-0.05, 0) is 63.0 Å². The minimum Gasteiger partial charge on any atom is -0.463 e. The second-order valence-corrected chi connectivity index (χ2v) is 6.88. The fraction of sp³-hybridized carbons (Fsp3) is 0.474. The van der Waals surface area contributed by atoms with Crippen molar-refractivity contribution in [3.8, 4) is 11.5 Å². The third kappa shape index (κ3) is 3.26.